The molecule has 0 aromatic rings. The SMILES string of the molecule is CCCCCCCCC/C=C\CCCCCCCC(=O)OC(COCCCCCCCCCCCCCCCCCCCCCCCC)COC1OC(CO)C(O)C(O)C1O. The number of aliphatic hydroxyl groups is 4. The van der Waals surface area contributed by atoms with E-state index in [1.54, 1.807) is 0 Å². The lowest BCUT2D eigenvalue weighted by Gasteiger charge is -2.39. The fraction of sp³-hybridized carbons (Fsp3) is 0.942. The molecule has 6 atom stereocenters. The zero-order chi connectivity index (χ0) is 44.3. The summed E-state index contributed by atoms with van der Waals surface area (Å²) in [6.45, 7) is 4.60. The van der Waals surface area contributed by atoms with Gasteiger partial charge in [-0.05, 0) is 38.5 Å². The van der Waals surface area contributed by atoms with Gasteiger partial charge in [-0.2, -0.15) is 0 Å². The minimum Gasteiger partial charge on any atom is -0.457 e. The Labute approximate surface area is 375 Å². The van der Waals surface area contributed by atoms with Gasteiger partial charge in [0, 0.05) is 13.0 Å². The van der Waals surface area contributed by atoms with E-state index < -0.39 is 43.4 Å². The molecule has 1 rings (SSSR count). The molecule has 4 N–H and O–H groups in total. The summed E-state index contributed by atoms with van der Waals surface area (Å²) in [6, 6.07) is 0. The van der Waals surface area contributed by atoms with Crippen molar-refractivity contribution >= 4 is 5.97 Å². The smallest absolute Gasteiger partial charge is 0.306 e. The van der Waals surface area contributed by atoms with Crippen molar-refractivity contribution in [2.24, 2.45) is 0 Å². The molecule has 0 bridgehead atoms. The highest BCUT2D eigenvalue weighted by Gasteiger charge is 2.44. The largest absolute Gasteiger partial charge is 0.457 e. The standard InChI is InChI=1S/C52H100O9/c1-3-5-7-9-11-13-15-17-19-21-22-23-24-25-26-28-30-32-34-36-38-40-42-58-44-46(45-59-52-51(57)50(56)49(55)47(43-53)61-52)60-48(54)41-39-37-35-33-31-29-27-20-18-16-14-12-10-8-6-4-2/h20,27,46-47,49-53,55-57H,3-19,21-26,28-45H2,1-2H3/b27-20-. The van der Waals surface area contributed by atoms with Gasteiger partial charge < -0.3 is 39.4 Å². The van der Waals surface area contributed by atoms with E-state index in [1.807, 2.05) is 0 Å². The molecule has 1 fully saturated rings. The van der Waals surface area contributed by atoms with Crippen molar-refractivity contribution in [3.05, 3.63) is 12.2 Å². The first-order valence-electron chi connectivity index (χ1n) is 26.3. The summed E-state index contributed by atoms with van der Waals surface area (Å²) in [4.78, 5) is 12.8. The molecule has 0 radical (unpaired) electrons. The number of ether oxygens (including phenoxy) is 4. The number of carbonyl (C=O) groups is 1. The Morgan fingerprint density at radius 3 is 1.33 bits per heavy atom. The van der Waals surface area contributed by atoms with Crippen molar-refractivity contribution in [3.63, 3.8) is 0 Å². The summed E-state index contributed by atoms with van der Waals surface area (Å²) >= 11 is 0. The second-order valence-electron chi connectivity index (χ2n) is 18.3. The van der Waals surface area contributed by atoms with Gasteiger partial charge in [0.2, 0.25) is 0 Å². The average molecular weight is 869 g/mol. The van der Waals surface area contributed by atoms with Gasteiger partial charge in [0.15, 0.2) is 6.29 Å². The third-order valence-corrected chi connectivity index (χ3v) is 12.4. The van der Waals surface area contributed by atoms with Crippen LogP contribution in [-0.2, 0) is 23.7 Å². The third kappa shape index (κ3) is 34.9. The Bertz CT molecular complexity index is 946. The van der Waals surface area contributed by atoms with E-state index in [0.29, 0.717) is 13.0 Å². The number of allylic oxidation sites excluding steroid dienone is 2. The van der Waals surface area contributed by atoms with Gasteiger partial charge in [0.05, 0.1) is 19.8 Å². The molecule has 1 aliphatic heterocycles. The first-order chi connectivity index (χ1) is 29.9. The summed E-state index contributed by atoms with van der Waals surface area (Å²) in [5.74, 6) is -0.316. The van der Waals surface area contributed by atoms with Crippen molar-refractivity contribution in [3.8, 4) is 0 Å². The van der Waals surface area contributed by atoms with Crippen LogP contribution in [0.25, 0.3) is 0 Å². The van der Waals surface area contributed by atoms with Crippen LogP contribution < -0.4 is 0 Å². The number of carbonyl (C=O) groups excluding carboxylic acids is 1. The molecule has 6 unspecified atom stereocenters. The van der Waals surface area contributed by atoms with Crippen LogP contribution >= 0.6 is 0 Å². The number of unbranched alkanes of at least 4 members (excludes halogenated alkanes) is 33. The minimum absolute atomic E-state index is 0.111. The number of rotatable bonds is 46. The maximum atomic E-state index is 12.8. The third-order valence-electron chi connectivity index (χ3n) is 12.4. The van der Waals surface area contributed by atoms with Crippen molar-refractivity contribution in [2.45, 2.75) is 288 Å². The molecule has 362 valence electrons. The van der Waals surface area contributed by atoms with Crippen LogP contribution in [0.4, 0.5) is 0 Å². The van der Waals surface area contributed by atoms with E-state index in [9.17, 15) is 25.2 Å². The van der Waals surface area contributed by atoms with Crippen molar-refractivity contribution in [1.82, 2.24) is 0 Å². The Morgan fingerprint density at radius 1 is 0.508 bits per heavy atom. The summed E-state index contributed by atoms with van der Waals surface area (Å²) in [6.07, 6.45) is 43.9. The topological polar surface area (TPSA) is 135 Å². The Hall–Kier alpha value is -1.07. The van der Waals surface area contributed by atoms with Crippen LogP contribution in [0.5, 0.6) is 0 Å². The van der Waals surface area contributed by atoms with Crippen molar-refractivity contribution < 1.29 is 44.2 Å². The highest BCUT2D eigenvalue weighted by molar-refractivity contribution is 5.69. The van der Waals surface area contributed by atoms with E-state index in [4.69, 9.17) is 18.9 Å². The highest BCUT2D eigenvalue weighted by atomic mass is 16.7. The fourth-order valence-electron chi connectivity index (χ4n) is 8.31. The average Bonchev–Trinajstić information content (AvgIpc) is 3.26. The Balaban J connectivity index is 2.17. The van der Waals surface area contributed by atoms with Gasteiger partial charge >= 0.3 is 5.97 Å². The number of hydrogen-bond donors (Lipinski definition) is 4. The van der Waals surface area contributed by atoms with Gasteiger partial charge in [0.1, 0.15) is 30.5 Å². The van der Waals surface area contributed by atoms with Crippen molar-refractivity contribution in [1.29, 1.82) is 0 Å². The van der Waals surface area contributed by atoms with E-state index in [0.717, 1.165) is 44.9 Å². The van der Waals surface area contributed by atoms with Crippen LogP contribution in [0, 0.1) is 0 Å². The summed E-state index contributed by atoms with van der Waals surface area (Å²) in [5.41, 5.74) is 0. The van der Waals surface area contributed by atoms with Crippen LogP contribution in [0.3, 0.4) is 0 Å². The van der Waals surface area contributed by atoms with Gasteiger partial charge in [-0.25, -0.2) is 0 Å². The van der Waals surface area contributed by atoms with Crippen molar-refractivity contribution in [2.75, 3.05) is 26.4 Å². The zero-order valence-electron chi connectivity index (χ0n) is 39.9. The second-order valence-corrected chi connectivity index (χ2v) is 18.3. The molecular weight excluding hydrogens is 769 g/mol. The number of hydrogen-bond acceptors (Lipinski definition) is 9. The molecule has 0 aromatic heterocycles. The molecule has 0 aromatic carbocycles. The van der Waals surface area contributed by atoms with Gasteiger partial charge in [-0.15, -0.1) is 0 Å². The van der Waals surface area contributed by atoms with E-state index in [1.165, 1.54) is 186 Å². The van der Waals surface area contributed by atoms with Gasteiger partial charge in [-0.3, -0.25) is 4.79 Å². The molecule has 0 spiro atoms. The molecular formula is C52H100O9. The fourth-order valence-corrected chi connectivity index (χ4v) is 8.31. The van der Waals surface area contributed by atoms with Gasteiger partial charge in [0.25, 0.3) is 0 Å². The first-order valence-corrected chi connectivity index (χ1v) is 26.3. The van der Waals surface area contributed by atoms with Crippen LogP contribution in [0.1, 0.15) is 251 Å². The first kappa shape index (κ1) is 57.9. The number of aliphatic hydroxyl groups excluding tert-OH is 4. The maximum absolute atomic E-state index is 12.8. The predicted molar refractivity (Wildman–Crippen MR) is 252 cm³/mol. The molecule has 1 heterocycles. The molecule has 1 saturated heterocycles. The van der Waals surface area contributed by atoms with Crippen LogP contribution in [-0.4, -0.2) is 89.6 Å². The van der Waals surface area contributed by atoms with Crippen LogP contribution in [0.15, 0.2) is 12.2 Å². The molecule has 0 aliphatic carbocycles. The quantitative estimate of drug-likeness (QED) is 0.0268. The van der Waals surface area contributed by atoms with Crippen LogP contribution in [0.2, 0.25) is 0 Å². The molecule has 0 amide bonds. The molecule has 9 heteroatoms. The minimum atomic E-state index is -1.53. The lowest BCUT2D eigenvalue weighted by molar-refractivity contribution is -0.305. The normalized spacial score (nSPS) is 19.9. The molecule has 0 saturated carbocycles. The van der Waals surface area contributed by atoms with E-state index in [2.05, 4.69) is 26.0 Å². The van der Waals surface area contributed by atoms with Gasteiger partial charge in [-0.1, -0.05) is 219 Å². The Kier molecular flexibility index (Phi) is 41.9. The van der Waals surface area contributed by atoms with E-state index >= 15 is 0 Å². The number of esters is 1. The summed E-state index contributed by atoms with van der Waals surface area (Å²) in [5, 5.41) is 40.2. The maximum Gasteiger partial charge on any atom is 0.306 e. The monoisotopic (exact) mass is 869 g/mol. The molecule has 61 heavy (non-hydrogen) atoms. The zero-order valence-corrected chi connectivity index (χ0v) is 39.9. The highest BCUT2D eigenvalue weighted by Crippen LogP contribution is 2.23. The molecule has 1 aliphatic rings. The summed E-state index contributed by atoms with van der Waals surface area (Å²) < 4.78 is 22.9. The second kappa shape index (κ2) is 44.1. The lowest BCUT2D eigenvalue weighted by Crippen LogP contribution is -2.59. The van der Waals surface area contributed by atoms with E-state index in [-0.39, 0.29) is 19.2 Å². The Morgan fingerprint density at radius 2 is 0.902 bits per heavy atom. The molecule has 9 nitrogen and oxygen atoms in total. The predicted octanol–water partition coefficient (Wildman–Crippen LogP) is 12.8. The lowest BCUT2D eigenvalue weighted by atomic mass is 9.99. The summed E-state index contributed by atoms with van der Waals surface area (Å²) in [7, 11) is 0.